The van der Waals surface area contributed by atoms with Crippen LogP contribution in [0.25, 0.3) is 0 Å². The number of aliphatic imine (C=N–C) groups is 1. The summed E-state index contributed by atoms with van der Waals surface area (Å²) in [5.74, 6) is 4.70. The van der Waals surface area contributed by atoms with E-state index >= 15 is 0 Å². The van der Waals surface area contributed by atoms with Gasteiger partial charge in [-0.15, -0.1) is 0 Å². The summed E-state index contributed by atoms with van der Waals surface area (Å²) in [4.78, 5) is 10.8. The highest BCUT2D eigenvalue weighted by molar-refractivity contribution is 6.31. The van der Waals surface area contributed by atoms with Crippen molar-refractivity contribution in [1.29, 1.82) is 0 Å². The molecule has 0 aliphatic carbocycles. The van der Waals surface area contributed by atoms with Gasteiger partial charge < -0.3 is 10.6 Å². The number of alkyl halides is 3. The molecule has 0 saturated carbocycles. The number of aromatic nitrogens is 2. The van der Waals surface area contributed by atoms with Crippen molar-refractivity contribution in [2.45, 2.75) is 13.1 Å². The number of halogens is 4. The highest BCUT2D eigenvalue weighted by Gasteiger charge is 2.31. The van der Waals surface area contributed by atoms with Gasteiger partial charge in [0.1, 0.15) is 12.3 Å². The SMILES string of the molecule is Cc1cccc(N=CC(COc2ncc(C(F)(F)F)cn2)=NN)c1F. The van der Waals surface area contributed by atoms with Crippen LogP contribution in [0.2, 0.25) is 0 Å². The molecule has 0 aliphatic heterocycles. The largest absolute Gasteiger partial charge is 0.457 e. The van der Waals surface area contributed by atoms with Crippen LogP contribution in [-0.4, -0.2) is 28.5 Å². The monoisotopic (exact) mass is 355 g/mol. The summed E-state index contributed by atoms with van der Waals surface area (Å²) in [6.45, 7) is 1.34. The minimum Gasteiger partial charge on any atom is -0.457 e. The van der Waals surface area contributed by atoms with E-state index < -0.39 is 17.6 Å². The number of benzene rings is 1. The smallest absolute Gasteiger partial charge is 0.419 e. The lowest BCUT2D eigenvalue weighted by atomic mass is 10.2. The van der Waals surface area contributed by atoms with Crippen LogP contribution >= 0.6 is 0 Å². The van der Waals surface area contributed by atoms with Gasteiger partial charge in [0.25, 0.3) is 0 Å². The first-order valence-electron chi connectivity index (χ1n) is 6.89. The number of aryl methyl sites for hydroxylation is 1. The maximum atomic E-state index is 13.8. The summed E-state index contributed by atoms with van der Waals surface area (Å²) in [6, 6.07) is 4.41. The zero-order valence-corrected chi connectivity index (χ0v) is 13.0. The summed E-state index contributed by atoms with van der Waals surface area (Å²) in [5, 5.41) is 3.41. The Balaban J connectivity index is 2.01. The van der Waals surface area contributed by atoms with Crippen LogP contribution in [0.1, 0.15) is 11.1 Å². The molecule has 1 aromatic carbocycles. The Labute approximate surface area is 140 Å². The van der Waals surface area contributed by atoms with E-state index in [1.54, 1.807) is 19.1 Å². The van der Waals surface area contributed by atoms with Crippen molar-refractivity contribution in [2.75, 3.05) is 6.61 Å². The Bertz CT molecular complexity index is 787. The topological polar surface area (TPSA) is 85.8 Å². The maximum absolute atomic E-state index is 13.8. The molecule has 0 bridgehead atoms. The van der Waals surface area contributed by atoms with Crippen molar-refractivity contribution in [3.8, 4) is 6.01 Å². The molecule has 2 N–H and O–H groups in total. The highest BCUT2D eigenvalue weighted by Crippen LogP contribution is 2.28. The summed E-state index contributed by atoms with van der Waals surface area (Å²) < 4.78 is 56.1. The molecule has 0 atom stereocenters. The van der Waals surface area contributed by atoms with Crippen LogP contribution in [-0.2, 0) is 6.18 Å². The van der Waals surface area contributed by atoms with Gasteiger partial charge in [0.15, 0.2) is 5.82 Å². The summed E-state index contributed by atoms with van der Waals surface area (Å²) in [7, 11) is 0. The van der Waals surface area contributed by atoms with Crippen molar-refractivity contribution in [2.24, 2.45) is 15.9 Å². The van der Waals surface area contributed by atoms with Crippen molar-refractivity contribution < 1.29 is 22.3 Å². The molecule has 0 fully saturated rings. The summed E-state index contributed by atoms with van der Waals surface area (Å²) in [5.41, 5.74) is -0.365. The third kappa shape index (κ3) is 4.96. The van der Waals surface area contributed by atoms with E-state index in [1.165, 1.54) is 12.3 Å². The van der Waals surface area contributed by atoms with Gasteiger partial charge in [-0.25, -0.2) is 14.4 Å². The van der Waals surface area contributed by atoms with E-state index in [4.69, 9.17) is 10.6 Å². The zero-order chi connectivity index (χ0) is 18.4. The Kier molecular flexibility index (Phi) is 5.63. The number of rotatable bonds is 5. The summed E-state index contributed by atoms with van der Waals surface area (Å²) >= 11 is 0. The number of hydrazone groups is 1. The second-order valence-corrected chi connectivity index (χ2v) is 4.83. The molecule has 10 heteroatoms. The van der Waals surface area contributed by atoms with Gasteiger partial charge in [0, 0.05) is 12.4 Å². The van der Waals surface area contributed by atoms with Crippen molar-refractivity contribution >= 4 is 17.6 Å². The molecule has 2 rings (SSSR count). The third-order valence-electron chi connectivity index (χ3n) is 2.99. The standard InChI is InChI=1S/C15H13F4N5O/c1-9-3-2-4-12(13(9)16)21-7-11(24-20)8-25-14-22-5-10(6-23-14)15(17,18)19/h2-7H,8,20H2,1H3. The van der Waals surface area contributed by atoms with Crippen LogP contribution < -0.4 is 10.6 Å². The van der Waals surface area contributed by atoms with Gasteiger partial charge in [-0.2, -0.15) is 18.3 Å². The first kappa shape index (κ1) is 18.3. The number of hydrogen-bond donors (Lipinski definition) is 1. The molecule has 1 aromatic heterocycles. The lowest BCUT2D eigenvalue weighted by Crippen LogP contribution is -2.16. The van der Waals surface area contributed by atoms with E-state index in [0.717, 1.165) is 0 Å². The highest BCUT2D eigenvalue weighted by atomic mass is 19.4. The Hall–Kier alpha value is -3.04. The molecule has 0 spiro atoms. The number of hydrogen-bond acceptors (Lipinski definition) is 6. The van der Waals surface area contributed by atoms with Gasteiger partial charge in [-0.3, -0.25) is 4.99 Å². The molecule has 0 amide bonds. The minimum atomic E-state index is -4.53. The van der Waals surface area contributed by atoms with E-state index in [0.29, 0.717) is 18.0 Å². The minimum absolute atomic E-state index is 0.0898. The van der Waals surface area contributed by atoms with Crippen molar-refractivity contribution in [3.05, 3.63) is 47.5 Å². The molecule has 0 aliphatic rings. The molecular formula is C15H13F4N5O. The normalized spacial score (nSPS) is 12.6. The molecule has 6 nitrogen and oxygen atoms in total. The second-order valence-electron chi connectivity index (χ2n) is 4.83. The van der Waals surface area contributed by atoms with Crippen molar-refractivity contribution in [1.82, 2.24) is 9.97 Å². The van der Waals surface area contributed by atoms with Crippen LogP contribution in [0.15, 0.2) is 40.7 Å². The van der Waals surface area contributed by atoms with E-state index in [-0.39, 0.29) is 24.0 Å². The average molecular weight is 355 g/mol. The quantitative estimate of drug-likeness (QED) is 0.387. The summed E-state index contributed by atoms with van der Waals surface area (Å²) in [6.07, 6.45) is -2.16. The average Bonchev–Trinajstić information content (AvgIpc) is 2.58. The van der Waals surface area contributed by atoms with Gasteiger partial charge in [0.05, 0.1) is 17.5 Å². The lowest BCUT2D eigenvalue weighted by Gasteiger charge is -2.07. The first-order chi connectivity index (χ1) is 11.8. The van der Waals surface area contributed by atoms with Gasteiger partial charge in [0.2, 0.25) is 0 Å². The molecule has 0 unspecified atom stereocenters. The lowest BCUT2D eigenvalue weighted by molar-refractivity contribution is -0.138. The van der Waals surface area contributed by atoms with E-state index in [9.17, 15) is 17.6 Å². The van der Waals surface area contributed by atoms with Crippen molar-refractivity contribution in [3.63, 3.8) is 0 Å². The number of nitrogens with two attached hydrogens (primary N) is 1. The number of nitrogens with zero attached hydrogens (tertiary/aromatic N) is 4. The molecule has 1 heterocycles. The fourth-order valence-electron chi connectivity index (χ4n) is 1.66. The molecule has 132 valence electrons. The van der Waals surface area contributed by atoms with Crippen LogP contribution in [0.5, 0.6) is 6.01 Å². The molecule has 0 radical (unpaired) electrons. The third-order valence-corrected chi connectivity index (χ3v) is 2.99. The maximum Gasteiger partial charge on any atom is 0.419 e. The number of ether oxygens (including phenoxy) is 1. The fraction of sp³-hybridized carbons (Fsp3) is 0.200. The predicted octanol–water partition coefficient (Wildman–Crippen LogP) is 3.04. The second kappa shape index (κ2) is 7.69. The van der Waals surface area contributed by atoms with Crippen LogP contribution in [0.4, 0.5) is 23.2 Å². The van der Waals surface area contributed by atoms with E-state index in [2.05, 4.69) is 20.1 Å². The Morgan fingerprint density at radius 3 is 2.56 bits per heavy atom. The van der Waals surface area contributed by atoms with Gasteiger partial charge in [-0.1, -0.05) is 12.1 Å². The fourth-order valence-corrected chi connectivity index (χ4v) is 1.66. The van der Waals surface area contributed by atoms with Gasteiger partial charge >= 0.3 is 12.2 Å². The predicted molar refractivity (Wildman–Crippen MR) is 83.4 cm³/mol. The Morgan fingerprint density at radius 2 is 1.96 bits per heavy atom. The molecule has 25 heavy (non-hydrogen) atoms. The van der Waals surface area contributed by atoms with Crippen LogP contribution in [0, 0.1) is 12.7 Å². The first-order valence-corrected chi connectivity index (χ1v) is 6.89. The molecular weight excluding hydrogens is 342 g/mol. The molecule has 2 aromatic rings. The Morgan fingerprint density at radius 1 is 1.28 bits per heavy atom. The molecule has 0 saturated heterocycles. The van der Waals surface area contributed by atoms with Crippen LogP contribution in [0.3, 0.4) is 0 Å². The zero-order valence-electron chi connectivity index (χ0n) is 13.0. The van der Waals surface area contributed by atoms with E-state index in [1.807, 2.05) is 0 Å². The van der Waals surface area contributed by atoms with Gasteiger partial charge in [-0.05, 0) is 18.6 Å².